The lowest BCUT2D eigenvalue weighted by Crippen LogP contribution is -2.23. The van der Waals surface area contributed by atoms with E-state index in [9.17, 15) is 15.3 Å². The van der Waals surface area contributed by atoms with Crippen molar-refractivity contribution in [2.24, 2.45) is 0 Å². The number of nitrogen functional groups attached to an aromatic ring is 1. The summed E-state index contributed by atoms with van der Waals surface area (Å²) in [5.41, 5.74) is 8.63. The standard InChI is InChI=1S/C22H20N6O2S/c1-4-14-5-7-15(8-6-14)19-16(10-23)20(25)27-22(17(19)11-24)31-13(3)21(29)26-18-9-12(2)30-28-18/h5-9,13H,4H2,1-3H3,(H2,25,27)(H,26,28,29). The number of nitrogens with zero attached hydrogens (tertiary/aromatic N) is 4. The van der Waals surface area contributed by atoms with Gasteiger partial charge in [-0.3, -0.25) is 4.79 Å². The molecule has 0 aliphatic rings. The summed E-state index contributed by atoms with van der Waals surface area (Å²) in [6.45, 7) is 5.44. The molecule has 1 amide bonds. The number of rotatable bonds is 6. The van der Waals surface area contributed by atoms with E-state index in [-0.39, 0.29) is 27.9 Å². The van der Waals surface area contributed by atoms with Crippen LogP contribution >= 0.6 is 11.8 Å². The van der Waals surface area contributed by atoms with Crippen molar-refractivity contribution in [3.05, 3.63) is 52.8 Å². The number of hydrogen-bond acceptors (Lipinski definition) is 8. The Morgan fingerprint density at radius 2 is 1.94 bits per heavy atom. The molecule has 0 aliphatic carbocycles. The van der Waals surface area contributed by atoms with Gasteiger partial charge in [-0.15, -0.1) is 0 Å². The molecule has 8 nitrogen and oxygen atoms in total. The maximum atomic E-state index is 12.6. The van der Waals surface area contributed by atoms with Gasteiger partial charge < -0.3 is 15.6 Å². The smallest absolute Gasteiger partial charge is 0.238 e. The van der Waals surface area contributed by atoms with E-state index in [1.807, 2.05) is 31.2 Å². The van der Waals surface area contributed by atoms with Crippen molar-refractivity contribution in [2.45, 2.75) is 37.5 Å². The Morgan fingerprint density at radius 1 is 1.26 bits per heavy atom. The molecule has 3 rings (SSSR count). The number of benzene rings is 1. The van der Waals surface area contributed by atoms with Crippen LogP contribution in [0.4, 0.5) is 11.6 Å². The zero-order valence-electron chi connectivity index (χ0n) is 17.3. The van der Waals surface area contributed by atoms with Crippen molar-refractivity contribution < 1.29 is 9.32 Å². The van der Waals surface area contributed by atoms with Crippen LogP contribution in [0.25, 0.3) is 11.1 Å². The number of aryl methyl sites for hydroxylation is 2. The molecule has 3 aromatic rings. The number of nitrogens with one attached hydrogen (secondary N) is 1. The summed E-state index contributed by atoms with van der Waals surface area (Å²) in [5.74, 6) is 0.557. The molecule has 2 heterocycles. The SMILES string of the molecule is CCc1ccc(-c2c(C#N)c(N)nc(SC(C)C(=O)Nc3cc(C)on3)c2C#N)cc1. The molecule has 31 heavy (non-hydrogen) atoms. The van der Waals surface area contributed by atoms with Gasteiger partial charge >= 0.3 is 0 Å². The van der Waals surface area contributed by atoms with Gasteiger partial charge in [0.1, 0.15) is 34.3 Å². The van der Waals surface area contributed by atoms with Crippen molar-refractivity contribution in [3.63, 3.8) is 0 Å². The highest BCUT2D eigenvalue weighted by atomic mass is 32.2. The predicted molar refractivity (Wildman–Crippen MR) is 118 cm³/mol. The third-order valence-electron chi connectivity index (χ3n) is 4.60. The summed E-state index contributed by atoms with van der Waals surface area (Å²) in [5, 5.41) is 25.6. The maximum Gasteiger partial charge on any atom is 0.238 e. The molecule has 0 aliphatic heterocycles. The van der Waals surface area contributed by atoms with Gasteiger partial charge in [-0.25, -0.2) is 4.98 Å². The Kier molecular flexibility index (Phi) is 6.58. The van der Waals surface area contributed by atoms with Crippen LogP contribution in [0.15, 0.2) is 39.9 Å². The number of thioether (sulfide) groups is 1. The van der Waals surface area contributed by atoms with E-state index in [2.05, 4.69) is 27.6 Å². The van der Waals surface area contributed by atoms with Crippen LogP contribution in [-0.4, -0.2) is 21.3 Å². The maximum absolute atomic E-state index is 12.6. The van der Waals surface area contributed by atoms with Crippen LogP contribution in [0.2, 0.25) is 0 Å². The average molecular weight is 433 g/mol. The number of pyridine rings is 1. The molecule has 1 aromatic carbocycles. The molecule has 9 heteroatoms. The van der Waals surface area contributed by atoms with Crippen LogP contribution in [-0.2, 0) is 11.2 Å². The Morgan fingerprint density at radius 3 is 2.48 bits per heavy atom. The Balaban J connectivity index is 1.98. The average Bonchev–Trinajstić information content (AvgIpc) is 3.17. The van der Waals surface area contributed by atoms with Gasteiger partial charge in [-0.05, 0) is 31.4 Å². The molecule has 0 fully saturated rings. The number of carbonyl (C=O) groups is 1. The first-order valence-electron chi connectivity index (χ1n) is 9.51. The van der Waals surface area contributed by atoms with Gasteiger partial charge in [0.2, 0.25) is 5.91 Å². The number of hydrogen-bond donors (Lipinski definition) is 2. The molecule has 1 atom stereocenters. The van der Waals surface area contributed by atoms with Crippen LogP contribution in [0.5, 0.6) is 0 Å². The second-order valence-corrected chi connectivity index (χ2v) is 8.10. The summed E-state index contributed by atoms with van der Waals surface area (Å²) in [7, 11) is 0. The van der Waals surface area contributed by atoms with Crippen molar-refractivity contribution in [1.82, 2.24) is 10.1 Å². The van der Waals surface area contributed by atoms with Gasteiger partial charge in [0.15, 0.2) is 5.82 Å². The summed E-state index contributed by atoms with van der Waals surface area (Å²) >= 11 is 1.09. The highest BCUT2D eigenvalue weighted by Crippen LogP contribution is 2.37. The van der Waals surface area contributed by atoms with E-state index in [1.54, 1.807) is 19.9 Å². The molecule has 0 saturated heterocycles. The van der Waals surface area contributed by atoms with Crippen LogP contribution < -0.4 is 11.1 Å². The molecular formula is C22H20N6O2S. The zero-order chi connectivity index (χ0) is 22.5. The zero-order valence-corrected chi connectivity index (χ0v) is 18.1. The third-order valence-corrected chi connectivity index (χ3v) is 5.69. The number of nitriles is 2. The van der Waals surface area contributed by atoms with Gasteiger partial charge in [0.25, 0.3) is 0 Å². The lowest BCUT2D eigenvalue weighted by molar-refractivity contribution is -0.115. The minimum atomic E-state index is -0.612. The first-order valence-corrected chi connectivity index (χ1v) is 10.4. The number of carbonyl (C=O) groups excluding carboxylic acids is 1. The normalized spacial score (nSPS) is 11.4. The monoisotopic (exact) mass is 432 g/mol. The number of amides is 1. The predicted octanol–water partition coefficient (Wildman–Crippen LogP) is 4.05. The van der Waals surface area contributed by atoms with Gasteiger partial charge in [-0.1, -0.05) is 48.1 Å². The molecule has 0 saturated carbocycles. The van der Waals surface area contributed by atoms with E-state index in [0.29, 0.717) is 22.7 Å². The molecule has 2 aromatic heterocycles. The van der Waals surface area contributed by atoms with Crippen molar-refractivity contribution >= 4 is 29.3 Å². The summed E-state index contributed by atoms with van der Waals surface area (Å²) in [6, 6.07) is 13.4. The topological polar surface area (TPSA) is 142 Å². The van der Waals surface area contributed by atoms with Crippen LogP contribution in [0.3, 0.4) is 0 Å². The quantitative estimate of drug-likeness (QED) is 0.556. The molecular weight excluding hydrogens is 412 g/mol. The largest absolute Gasteiger partial charge is 0.383 e. The number of anilines is 2. The van der Waals surface area contributed by atoms with Gasteiger partial charge in [0, 0.05) is 11.6 Å². The first kappa shape index (κ1) is 21.9. The minimum absolute atomic E-state index is 0.0123. The Hall–Kier alpha value is -3.82. The Bertz CT molecular complexity index is 1200. The highest BCUT2D eigenvalue weighted by molar-refractivity contribution is 8.00. The van der Waals surface area contributed by atoms with Gasteiger partial charge in [-0.2, -0.15) is 10.5 Å². The second kappa shape index (κ2) is 9.33. The third kappa shape index (κ3) is 4.68. The Labute approximate surface area is 184 Å². The first-order chi connectivity index (χ1) is 14.9. The molecule has 0 spiro atoms. The highest BCUT2D eigenvalue weighted by Gasteiger charge is 2.24. The van der Waals surface area contributed by atoms with E-state index < -0.39 is 5.25 Å². The van der Waals surface area contributed by atoms with Crippen LogP contribution in [0.1, 0.15) is 36.3 Å². The van der Waals surface area contributed by atoms with Crippen molar-refractivity contribution in [3.8, 4) is 23.3 Å². The van der Waals surface area contributed by atoms with E-state index in [4.69, 9.17) is 10.3 Å². The van der Waals surface area contributed by atoms with E-state index >= 15 is 0 Å². The second-order valence-electron chi connectivity index (χ2n) is 6.77. The fraction of sp³-hybridized carbons (Fsp3) is 0.227. The summed E-state index contributed by atoms with van der Waals surface area (Å²) in [6.07, 6.45) is 0.869. The van der Waals surface area contributed by atoms with Crippen LogP contribution in [0, 0.1) is 29.6 Å². The van der Waals surface area contributed by atoms with E-state index in [0.717, 1.165) is 23.7 Å². The molecule has 0 bridgehead atoms. The lowest BCUT2D eigenvalue weighted by atomic mass is 9.96. The molecule has 1 unspecified atom stereocenters. The molecule has 156 valence electrons. The fourth-order valence-corrected chi connectivity index (χ4v) is 3.87. The van der Waals surface area contributed by atoms with Crippen molar-refractivity contribution in [2.75, 3.05) is 11.1 Å². The molecule has 3 N–H and O–H groups in total. The number of aromatic nitrogens is 2. The van der Waals surface area contributed by atoms with Crippen molar-refractivity contribution in [1.29, 1.82) is 10.5 Å². The molecule has 0 radical (unpaired) electrons. The summed E-state index contributed by atoms with van der Waals surface area (Å²) < 4.78 is 4.95. The van der Waals surface area contributed by atoms with E-state index in [1.165, 1.54) is 0 Å². The summed E-state index contributed by atoms with van der Waals surface area (Å²) in [4.78, 5) is 16.8. The number of nitrogens with two attached hydrogens (primary N) is 1. The minimum Gasteiger partial charge on any atom is -0.383 e. The fourth-order valence-electron chi connectivity index (χ4n) is 2.95. The lowest BCUT2D eigenvalue weighted by Gasteiger charge is -2.15. The van der Waals surface area contributed by atoms with Gasteiger partial charge in [0.05, 0.1) is 10.8 Å².